The fourth-order valence-electron chi connectivity index (χ4n) is 3.64. The van der Waals surface area contributed by atoms with E-state index >= 15 is 0 Å². The number of carbonyl (C=O) groups excluding carboxylic acids is 2. The van der Waals surface area contributed by atoms with Gasteiger partial charge in [0.15, 0.2) is 0 Å². The monoisotopic (exact) mass is 434 g/mol. The number of benzene rings is 1. The van der Waals surface area contributed by atoms with E-state index in [9.17, 15) is 9.59 Å². The van der Waals surface area contributed by atoms with Crippen molar-refractivity contribution in [2.45, 2.75) is 25.2 Å². The number of likely N-dealkylation sites (tertiary alicyclic amines) is 1. The molecule has 0 radical (unpaired) electrons. The third-order valence-electron chi connectivity index (χ3n) is 5.57. The number of anilines is 1. The van der Waals surface area contributed by atoms with Crippen LogP contribution < -0.4 is 5.32 Å². The van der Waals surface area contributed by atoms with Gasteiger partial charge in [0.2, 0.25) is 17.6 Å². The number of carbonyl (C=O) groups is 2. The summed E-state index contributed by atoms with van der Waals surface area (Å²) < 4.78 is 5.47. The lowest BCUT2D eigenvalue weighted by molar-refractivity contribution is -0.127. The molecule has 1 aromatic carbocycles. The summed E-state index contributed by atoms with van der Waals surface area (Å²) in [6.45, 7) is 1.16. The second-order valence-electron chi connectivity index (χ2n) is 7.98. The number of pyridine rings is 1. The second-order valence-corrected chi connectivity index (χ2v) is 7.98. The van der Waals surface area contributed by atoms with Gasteiger partial charge in [0.1, 0.15) is 5.69 Å². The van der Waals surface area contributed by atoms with Crippen LogP contribution in [-0.2, 0) is 11.2 Å². The van der Waals surface area contributed by atoms with Gasteiger partial charge in [0, 0.05) is 45.0 Å². The van der Waals surface area contributed by atoms with E-state index in [0.717, 1.165) is 18.4 Å². The minimum atomic E-state index is -0.173. The third-order valence-corrected chi connectivity index (χ3v) is 5.57. The Bertz CT molecular complexity index is 1070. The molecule has 1 fully saturated rings. The molecule has 0 unspecified atom stereocenters. The molecule has 1 aliphatic rings. The Labute approximate surface area is 186 Å². The lowest BCUT2D eigenvalue weighted by Gasteiger charge is -2.30. The summed E-state index contributed by atoms with van der Waals surface area (Å²) in [5.74, 6) is 1.15. The maximum Gasteiger partial charge on any atom is 0.321 e. The van der Waals surface area contributed by atoms with Crippen LogP contribution in [0.5, 0.6) is 0 Å². The summed E-state index contributed by atoms with van der Waals surface area (Å²) in [5.41, 5.74) is 2.12. The number of para-hydroxylation sites is 1. The molecule has 2 aromatic heterocycles. The molecule has 3 heterocycles. The first kappa shape index (κ1) is 21.5. The van der Waals surface area contributed by atoms with Crippen molar-refractivity contribution in [3.63, 3.8) is 0 Å². The van der Waals surface area contributed by atoms with E-state index in [1.54, 1.807) is 30.1 Å². The van der Waals surface area contributed by atoms with E-state index in [1.165, 1.54) is 0 Å². The van der Waals surface area contributed by atoms with Crippen molar-refractivity contribution < 1.29 is 14.1 Å². The normalized spacial score (nSPS) is 14.2. The van der Waals surface area contributed by atoms with Gasteiger partial charge in [-0.3, -0.25) is 9.78 Å². The lowest BCUT2D eigenvalue weighted by atomic mass is 9.97. The molecular formula is C23H26N6O3. The quantitative estimate of drug-likeness (QED) is 0.661. The molecule has 3 aromatic rings. The Morgan fingerprint density at radius 3 is 2.59 bits per heavy atom. The van der Waals surface area contributed by atoms with Crippen LogP contribution >= 0.6 is 0 Å². The Morgan fingerprint density at radius 1 is 1.12 bits per heavy atom. The lowest BCUT2D eigenvalue weighted by Crippen LogP contribution is -2.40. The summed E-state index contributed by atoms with van der Waals surface area (Å²) in [7, 11) is 3.44. The molecule has 0 atom stereocenters. The first-order chi connectivity index (χ1) is 15.5. The van der Waals surface area contributed by atoms with Crippen LogP contribution in [-0.4, -0.2) is 64.0 Å². The van der Waals surface area contributed by atoms with Gasteiger partial charge >= 0.3 is 6.03 Å². The van der Waals surface area contributed by atoms with Crippen molar-refractivity contribution >= 4 is 17.6 Å². The fraction of sp³-hybridized carbons (Fsp3) is 0.348. The predicted octanol–water partition coefficient (Wildman–Crippen LogP) is 3.17. The number of nitrogens with zero attached hydrogens (tertiary/aromatic N) is 5. The van der Waals surface area contributed by atoms with Crippen LogP contribution in [0.3, 0.4) is 0 Å². The number of urea groups is 1. The van der Waals surface area contributed by atoms with E-state index in [1.807, 2.05) is 42.5 Å². The highest BCUT2D eigenvalue weighted by atomic mass is 16.5. The highest BCUT2D eigenvalue weighted by Crippen LogP contribution is 2.28. The molecule has 9 heteroatoms. The first-order valence-electron chi connectivity index (χ1n) is 10.6. The van der Waals surface area contributed by atoms with Gasteiger partial charge in [-0.25, -0.2) is 4.79 Å². The summed E-state index contributed by atoms with van der Waals surface area (Å²) >= 11 is 0. The van der Waals surface area contributed by atoms with Crippen LogP contribution in [0.1, 0.15) is 30.2 Å². The van der Waals surface area contributed by atoms with Crippen molar-refractivity contribution in [3.05, 3.63) is 60.1 Å². The van der Waals surface area contributed by atoms with Gasteiger partial charge in [0.05, 0.1) is 6.42 Å². The molecule has 1 aliphatic heterocycles. The molecule has 166 valence electrons. The Kier molecular flexibility index (Phi) is 6.44. The standard InChI is InChI=1S/C23H26N6O3/c1-28(2)20(30)15-17-7-3-4-8-18(17)25-23(31)29-13-10-16(11-14-29)22-26-21(27-32-22)19-9-5-6-12-24-19/h3-9,12,16H,10-11,13-15H2,1-2H3,(H,25,31). The molecule has 32 heavy (non-hydrogen) atoms. The van der Waals surface area contributed by atoms with Gasteiger partial charge in [-0.15, -0.1) is 0 Å². The van der Waals surface area contributed by atoms with E-state index in [4.69, 9.17) is 4.52 Å². The Balaban J connectivity index is 1.35. The number of hydrogen-bond donors (Lipinski definition) is 1. The van der Waals surface area contributed by atoms with Gasteiger partial charge in [-0.2, -0.15) is 4.98 Å². The largest absolute Gasteiger partial charge is 0.349 e. The van der Waals surface area contributed by atoms with Crippen LogP contribution in [0.15, 0.2) is 53.2 Å². The van der Waals surface area contributed by atoms with Gasteiger partial charge < -0.3 is 19.6 Å². The minimum absolute atomic E-state index is 0.0165. The molecule has 4 rings (SSSR count). The number of nitrogens with one attached hydrogen (secondary N) is 1. The third kappa shape index (κ3) is 4.93. The van der Waals surface area contributed by atoms with Gasteiger partial charge in [-0.1, -0.05) is 29.4 Å². The highest BCUT2D eigenvalue weighted by molar-refractivity contribution is 5.91. The number of aromatic nitrogens is 3. The molecule has 0 aliphatic carbocycles. The molecule has 1 N–H and O–H groups in total. The highest BCUT2D eigenvalue weighted by Gasteiger charge is 2.28. The van der Waals surface area contributed by atoms with Crippen molar-refractivity contribution in [2.24, 2.45) is 0 Å². The maximum atomic E-state index is 12.8. The SMILES string of the molecule is CN(C)C(=O)Cc1ccccc1NC(=O)N1CCC(c2nc(-c3ccccn3)no2)CC1. The summed E-state index contributed by atoms with van der Waals surface area (Å²) in [6, 6.07) is 12.8. The van der Waals surface area contributed by atoms with Crippen LogP contribution in [0.25, 0.3) is 11.5 Å². The van der Waals surface area contributed by atoms with Crippen molar-refractivity contribution in [1.29, 1.82) is 0 Å². The molecule has 0 saturated carbocycles. The van der Waals surface area contributed by atoms with Crippen LogP contribution in [0, 0.1) is 0 Å². The van der Waals surface area contributed by atoms with Gasteiger partial charge in [-0.05, 0) is 36.6 Å². The Hall–Kier alpha value is -3.75. The average Bonchev–Trinajstić information content (AvgIpc) is 3.31. The molecule has 0 spiro atoms. The predicted molar refractivity (Wildman–Crippen MR) is 119 cm³/mol. The van der Waals surface area contributed by atoms with E-state index in [-0.39, 0.29) is 24.3 Å². The van der Waals surface area contributed by atoms with E-state index in [2.05, 4.69) is 20.4 Å². The number of amides is 3. The zero-order valence-electron chi connectivity index (χ0n) is 18.2. The average molecular weight is 435 g/mol. The first-order valence-corrected chi connectivity index (χ1v) is 10.6. The zero-order chi connectivity index (χ0) is 22.5. The molecule has 3 amide bonds. The molecule has 0 bridgehead atoms. The Morgan fingerprint density at radius 2 is 1.88 bits per heavy atom. The number of hydrogen-bond acceptors (Lipinski definition) is 6. The van der Waals surface area contributed by atoms with Crippen LogP contribution in [0.4, 0.5) is 10.5 Å². The molecule has 9 nitrogen and oxygen atoms in total. The topological polar surface area (TPSA) is 104 Å². The number of piperidine rings is 1. The summed E-state index contributed by atoms with van der Waals surface area (Å²) in [6.07, 6.45) is 3.40. The van der Waals surface area contributed by atoms with Crippen LogP contribution in [0.2, 0.25) is 0 Å². The molecule has 1 saturated heterocycles. The fourth-order valence-corrected chi connectivity index (χ4v) is 3.64. The van der Waals surface area contributed by atoms with E-state index in [0.29, 0.717) is 36.2 Å². The molecular weight excluding hydrogens is 408 g/mol. The van der Waals surface area contributed by atoms with Crippen molar-refractivity contribution in [2.75, 3.05) is 32.5 Å². The van der Waals surface area contributed by atoms with Crippen molar-refractivity contribution in [1.82, 2.24) is 24.9 Å². The summed E-state index contributed by atoms with van der Waals surface area (Å²) in [4.78, 5) is 37.0. The van der Waals surface area contributed by atoms with E-state index < -0.39 is 0 Å². The minimum Gasteiger partial charge on any atom is -0.349 e. The number of rotatable bonds is 5. The smallest absolute Gasteiger partial charge is 0.321 e. The van der Waals surface area contributed by atoms with Gasteiger partial charge in [0.25, 0.3) is 0 Å². The summed E-state index contributed by atoms with van der Waals surface area (Å²) in [5, 5.41) is 7.01. The maximum absolute atomic E-state index is 12.8. The zero-order valence-corrected chi connectivity index (χ0v) is 18.2. The second kappa shape index (κ2) is 9.59. The van der Waals surface area contributed by atoms with Crippen molar-refractivity contribution in [3.8, 4) is 11.5 Å². The number of likely N-dealkylation sites (N-methyl/N-ethyl adjacent to an activating group) is 1.